The van der Waals surface area contributed by atoms with Gasteiger partial charge < -0.3 is 0 Å². The van der Waals surface area contributed by atoms with Crippen LogP contribution in [0.1, 0.15) is 20.8 Å². The minimum absolute atomic E-state index is 0.130. The molecule has 0 atom stereocenters. The normalized spacial score (nSPS) is 17.5. The largest absolute Gasteiger partial charge is 0.272 e. The van der Waals surface area contributed by atoms with E-state index in [9.17, 15) is 9.59 Å². The SMILES string of the molecule is C=C/N=C\C1=C(C)C(=O)N(C(C)C)C1=O. The van der Waals surface area contributed by atoms with Gasteiger partial charge in [-0.05, 0) is 20.8 Å². The van der Waals surface area contributed by atoms with Crippen molar-refractivity contribution in [1.82, 2.24) is 4.90 Å². The van der Waals surface area contributed by atoms with Gasteiger partial charge in [-0.15, -0.1) is 0 Å². The molecule has 1 rings (SSSR count). The third-order valence-electron chi connectivity index (χ3n) is 2.22. The molecule has 0 aromatic heterocycles. The zero-order valence-corrected chi connectivity index (χ0v) is 9.15. The Hall–Kier alpha value is -1.71. The third-order valence-corrected chi connectivity index (χ3v) is 2.22. The Bertz CT molecular complexity index is 378. The zero-order chi connectivity index (χ0) is 11.6. The van der Waals surface area contributed by atoms with Gasteiger partial charge in [-0.25, -0.2) is 0 Å². The van der Waals surface area contributed by atoms with Crippen molar-refractivity contribution in [3.05, 3.63) is 23.9 Å². The van der Waals surface area contributed by atoms with E-state index in [-0.39, 0.29) is 17.9 Å². The van der Waals surface area contributed by atoms with Gasteiger partial charge in [0.25, 0.3) is 11.8 Å². The van der Waals surface area contributed by atoms with E-state index in [1.807, 2.05) is 0 Å². The molecule has 0 aromatic carbocycles. The quantitative estimate of drug-likeness (QED) is 0.516. The molecule has 80 valence electrons. The van der Waals surface area contributed by atoms with E-state index in [0.717, 1.165) is 0 Å². The summed E-state index contributed by atoms with van der Waals surface area (Å²) in [5, 5.41) is 0. The molecule has 0 saturated heterocycles. The predicted molar refractivity (Wildman–Crippen MR) is 58.4 cm³/mol. The Morgan fingerprint density at radius 3 is 2.33 bits per heavy atom. The number of amides is 2. The molecule has 0 spiro atoms. The lowest BCUT2D eigenvalue weighted by Crippen LogP contribution is -2.37. The molecular formula is C11H14N2O2. The first-order valence-electron chi connectivity index (χ1n) is 4.73. The Balaban J connectivity index is 3.08. The van der Waals surface area contributed by atoms with E-state index >= 15 is 0 Å². The Morgan fingerprint density at radius 1 is 1.33 bits per heavy atom. The molecule has 0 unspecified atom stereocenters. The van der Waals surface area contributed by atoms with Crippen LogP contribution in [0.15, 0.2) is 28.9 Å². The average Bonchev–Trinajstić information content (AvgIpc) is 2.37. The molecule has 0 aromatic rings. The van der Waals surface area contributed by atoms with Crippen LogP contribution >= 0.6 is 0 Å². The van der Waals surface area contributed by atoms with E-state index < -0.39 is 0 Å². The van der Waals surface area contributed by atoms with Crippen molar-refractivity contribution >= 4 is 18.0 Å². The molecule has 4 heteroatoms. The molecule has 2 amide bonds. The number of aliphatic imine (C=N–C) groups is 1. The summed E-state index contributed by atoms with van der Waals surface area (Å²) in [6.45, 7) is 8.65. The van der Waals surface area contributed by atoms with Gasteiger partial charge in [-0.1, -0.05) is 6.58 Å². The molecule has 1 heterocycles. The standard InChI is InChI=1S/C11H14N2O2/c1-5-12-6-9-8(4)10(14)13(7(2)3)11(9)15/h5-7H,1H2,2-4H3/b12-6-. The van der Waals surface area contributed by atoms with Crippen LogP contribution < -0.4 is 0 Å². The lowest BCUT2D eigenvalue weighted by atomic mass is 10.2. The van der Waals surface area contributed by atoms with Gasteiger partial charge in [-0.2, -0.15) is 0 Å². The second-order valence-corrected chi connectivity index (χ2v) is 3.57. The predicted octanol–water partition coefficient (Wildman–Crippen LogP) is 1.29. The molecule has 15 heavy (non-hydrogen) atoms. The van der Waals surface area contributed by atoms with E-state index in [1.165, 1.54) is 17.3 Å². The van der Waals surface area contributed by atoms with Gasteiger partial charge in [0, 0.05) is 24.0 Å². The van der Waals surface area contributed by atoms with Gasteiger partial charge in [-0.3, -0.25) is 19.5 Å². The number of rotatable bonds is 3. The van der Waals surface area contributed by atoms with Gasteiger partial charge in [0.15, 0.2) is 0 Å². The fourth-order valence-electron chi connectivity index (χ4n) is 1.43. The van der Waals surface area contributed by atoms with Crippen LogP contribution in [0, 0.1) is 0 Å². The summed E-state index contributed by atoms with van der Waals surface area (Å²) in [6, 6.07) is -0.130. The smallest absolute Gasteiger partial charge is 0.263 e. The molecule has 0 fully saturated rings. The summed E-state index contributed by atoms with van der Waals surface area (Å²) >= 11 is 0. The zero-order valence-electron chi connectivity index (χ0n) is 9.15. The van der Waals surface area contributed by atoms with Crippen molar-refractivity contribution in [2.75, 3.05) is 0 Å². The molecule has 0 N–H and O–H groups in total. The van der Waals surface area contributed by atoms with E-state index in [2.05, 4.69) is 11.6 Å². The Morgan fingerprint density at radius 2 is 1.93 bits per heavy atom. The molecule has 1 aliphatic heterocycles. The number of hydrogen-bond acceptors (Lipinski definition) is 3. The maximum absolute atomic E-state index is 11.8. The third kappa shape index (κ3) is 1.88. The van der Waals surface area contributed by atoms with Crippen LogP contribution in [-0.2, 0) is 9.59 Å². The minimum Gasteiger partial charge on any atom is -0.272 e. The Labute approximate surface area is 89.0 Å². The summed E-state index contributed by atoms with van der Waals surface area (Å²) in [6.07, 6.45) is 2.71. The maximum Gasteiger partial charge on any atom is 0.263 e. The van der Waals surface area contributed by atoms with Gasteiger partial charge in [0.2, 0.25) is 0 Å². The summed E-state index contributed by atoms with van der Waals surface area (Å²) in [4.78, 5) is 28.5. The second kappa shape index (κ2) is 4.21. The number of carbonyl (C=O) groups is 2. The average molecular weight is 206 g/mol. The summed E-state index contributed by atoms with van der Waals surface area (Å²) in [7, 11) is 0. The van der Waals surface area contributed by atoms with Crippen molar-refractivity contribution in [1.29, 1.82) is 0 Å². The fourth-order valence-corrected chi connectivity index (χ4v) is 1.43. The first kappa shape index (κ1) is 11.4. The second-order valence-electron chi connectivity index (χ2n) is 3.57. The van der Waals surface area contributed by atoms with Crippen LogP contribution in [0.4, 0.5) is 0 Å². The van der Waals surface area contributed by atoms with Gasteiger partial charge in [0.1, 0.15) is 0 Å². The van der Waals surface area contributed by atoms with E-state index in [4.69, 9.17) is 0 Å². The highest BCUT2D eigenvalue weighted by molar-refractivity contribution is 6.28. The molecule has 0 aliphatic carbocycles. The van der Waals surface area contributed by atoms with Crippen molar-refractivity contribution in [2.45, 2.75) is 26.8 Å². The molecule has 0 saturated carbocycles. The summed E-state index contributed by atoms with van der Waals surface area (Å²) in [5.41, 5.74) is 0.799. The first-order chi connectivity index (χ1) is 7.00. The van der Waals surface area contributed by atoms with Crippen LogP contribution in [-0.4, -0.2) is 29.0 Å². The number of hydrogen-bond donors (Lipinski definition) is 0. The van der Waals surface area contributed by atoms with Crippen molar-refractivity contribution in [3.8, 4) is 0 Å². The molecule has 0 radical (unpaired) electrons. The van der Waals surface area contributed by atoms with E-state index in [1.54, 1.807) is 20.8 Å². The molecule has 4 nitrogen and oxygen atoms in total. The summed E-state index contributed by atoms with van der Waals surface area (Å²) in [5.74, 6) is -0.515. The molecule has 0 bridgehead atoms. The highest BCUT2D eigenvalue weighted by atomic mass is 16.2. The van der Waals surface area contributed by atoms with Gasteiger partial charge in [0.05, 0.1) is 5.57 Å². The first-order valence-corrected chi connectivity index (χ1v) is 4.73. The van der Waals surface area contributed by atoms with E-state index in [0.29, 0.717) is 11.1 Å². The van der Waals surface area contributed by atoms with Crippen LogP contribution in [0.2, 0.25) is 0 Å². The molecular weight excluding hydrogens is 192 g/mol. The number of nitrogens with zero attached hydrogens (tertiary/aromatic N) is 2. The lowest BCUT2D eigenvalue weighted by Gasteiger charge is -2.18. The lowest BCUT2D eigenvalue weighted by molar-refractivity contribution is -0.139. The van der Waals surface area contributed by atoms with Crippen LogP contribution in [0.5, 0.6) is 0 Å². The minimum atomic E-state index is -0.280. The van der Waals surface area contributed by atoms with Crippen LogP contribution in [0.3, 0.4) is 0 Å². The Kier molecular flexibility index (Phi) is 3.19. The number of imide groups is 1. The molecule has 1 aliphatic rings. The van der Waals surface area contributed by atoms with Crippen molar-refractivity contribution in [3.63, 3.8) is 0 Å². The number of carbonyl (C=O) groups excluding carboxylic acids is 2. The monoisotopic (exact) mass is 206 g/mol. The highest BCUT2D eigenvalue weighted by Gasteiger charge is 2.36. The fraction of sp³-hybridized carbons (Fsp3) is 0.364. The van der Waals surface area contributed by atoms with Crippen molar-refractivity contribution < 1.29 is 9.59 Å². The van der Waals surface area contributed by atoms with Crippen molar-refractivity contribution in [2.24, 2.45) is 4.99 Å². The topological polar surface area (TPSA) is 49.7 Å². The van der Waals surface area contributed by atoms with Crippen LogP contribution in [0.25, 0.3) is 0 Å². The summed E-state index contributed by atoms with van der Waals surface area (Å²) < 4.78 is 0. The van der Waals surface area contributed by atoms with Gasteiger partial charge >= 0.3 is 0 Å². The maximum atomic E-state index is 11.8. The highest BCUT2D eigenvalue weighted by Crippen LogP contribution is 2.21.